The number of hydrogen-bond acceptors (Lipinski definition) is 3. The summed E-state index contributed by atoms with van der Waals surface area (Å²) in [7, 11) is 0. The van der Waals surface area contributed by atoms with Crippen LogP contribution in [-0.2, 0) is 0 Å². The molecule has 0 bridgehead atoms. The van der Waals surface area contributed by atoms with Crippen molar-refractivity contribution >= 4 is 5.95 Å². The summed E-state index contributed by atoms with van der Waals surface area (Å²) in [5, 5.41) is 7.06. The zero-order valence-electron chi connectivity index (χ0n) is 15.4. The van der Waals surface area contributed by atoms with Gasteiger partial charge in [-0.2, -0.15) is 4.98 Å². The Kier molecular flexibility index (Phi) is 11.6. The van der Waals surface area contributed by atoms with Crippen molar-refractivity contribution < 1.29 is 0 Å². The number of unbranched alkanes of at least 4 members (excludes halogenated alkanes) is 10. The molecule has 0 amide bonds. The highest BCUT2D eigenvalue weighted by Crippen LogP contribution is 2.26. The van der Waals surface area contributed by atoms with Crippen LogP contribution in [0.5, 0.6) is 0 Å². The van der Waals surface area contributed by atoms with Crippen molar-refractivity contribution in [3.05, 3.63) is 5.82 Å². The third kappa shape index (κ3) is 9.62. The van der Waals surface area contributed by atoms with Crippen LogP contribution in [0.25, 0.3) is 0 Å². The topological polar surface area (TPSA) is 67.6 Å². The lowest BCUT2D eigenvalue weighted by Crippen LogP contribution is -2.02. The number of nitrogen functional groups attached to an aromatic ring is 1. The van der Waals surface area contributed by atoms with Crippen LogP contribution in [0.2, 0.25) is 0 Å². The Morgan fingerprint density at radius 2 is 1.26 bits per heavy atom. The predicted octanol–water partition coefficient (Wildman–Crippen LogP) is 5.97. The van der Waals surface area contributed by atoms with Crippen LogP contribution < -0.4 is 5.73 Å². The molecule has 0 aliphatic rings. The number of aromatic nitrogens is 3. The molecule has 0 spiro atoms. The van der Waals surface area contributed by atoms with Crippen molar-refractivity contribution in [1.29, 1.82) is 0 Å². The molecular weight excluding hydrogens is 284 g/mol. The van der Waals surface area contributed by atoms with E-state index < -0.39 is 0 Å². The van der Waals surface area contributed by atoms with E-state index in [9.17, 15) is 0 Å². The van der Waals surface area contributed by atoms with Gasteiger partial charge in [0.15, 0.2) is 0 Å². The molecule has 0 aliphatic heterocycles. The normalized spacial score (nSPS) is 12.6. The van der Waals surface area contributed by atoms with E-state index in [0.29, 0.717) is 11.9 Å². The minimum atomic E-state index is 0.385. The van der Waals surface area contributed by atoms with Gasteiger partial charge in [0.05, 0.1) is 0 Å². The van der Waals surface area contributed by atoms with Crippen molar-refractivity contribution in [3.8, 4) is 0 Å². The summed E-state index contributed by atoms with van der Waals surface area (Å²) in [5.74, 6) is 1.90. The fourth-order valence-electron chi connectivity index (χ4n) is 3.23. The Balaban J connectivity index is 2.25. The van der Waals surface area contributed by atoms with Crippen LogP contribution in [0, 0.1) is 0 Å². The van der Waals surface area contributed by atoms with Gasteiger partial charge < -0.3 is 5.73 Å². The number of nitrogens with one attached hydrogen (secondary N) is 1. The molecule has 4 nitrogen and oxygen atoms in total. The Hall–Kier alpha value is -1.06. The van der Waals surface area contributed by atoms with Gasteiger partial charge in [-0.25, -0.2) is 0 Å². The molecule has 4 heteroatoms. The standard InChI is InChI=1S/C19H38N4/c1-3-5-7-9-10-12-14-16-17(15-13-11-8-6-4-2)18-21-19(20)23-22-18/h17H,3-16H2,1-2H3,(H3,20,21,22,23). The van der Waals surface area contributed by atoms with Gasteiger partial charge in [0.1, 0.15) is 5.82 Å². The van der Waals surface area contributed by atoms with Gasteiger partial charge in [-0.3, -0.25) is 5.10 Å². The first-order valence-corrected chi connectivity index (χ1v) is 9.95. The van der Waals surface area contributed by atoms with E-state index in [1.54, 1.807) is 0 Å². The molecule has 1 aromatic rings. The molecule has 0 saturated carbocycles. The van der Waals surface area contributed by atoms with Crippen LogP contribution in [0.4, 0.5) is 5.95 Å². The first-order valence-electron chi connectivity index (χ1n) is 9.95. The number of H-pyrrole nitrogens is 1. The number of nitrogens with two attached hydrogens (primary N) is 1. The van der Waals surface area contributed by atoms with Crippen LogP contribution in [0.15, 0.2) is 0 Å². The van der Waals surface area contributed by atoms with E-state index in [-0.39, 0.29) is 0 Å². The molecule has 0 aliphatic carbocycles. The zero-order chi connectivity index (χ0) is 16.8. The van der Waals surface area contributed by atoms with Crippen molar-refractivity contribution in [2.24, 2.45) is 0 Å². The zero-order valence-corrected chi connectivity index (χ0v) is 15.4. The first-order chi connectivity index (χ1) is 11.3. The Labute approximate surface area is 143 Å². The van der Waals surface area contributed by atoms with E-state index in [4.69, 9.17) is 5.73 Å². The lowest BCUT2D eigenvalue weighted by molar-refractivity contribution is 0.473. The highest BCUT2D eigenvalue weighted by molar-refractivity contribution is 5.14. The fourth-order valence-corrected chi connectivity index (χ4v) is 3.23. The number of nitrogens with zero attached hydrogens (tertiary/aromatic N) is 2. The largest absolute Gasteiger partial charge is 0.367 e. The number of rotatable bonds is 15. The smallest absolute Gasteiger partial charge is 0.239 e. The highest BCUT2D eigenvalue weighted by Gasteiger charge is 2.15. The van der Waals surface area contributed by atoms with Gasteiger partial charge in [-0.1, -0.05) is 90.9 Å². The average molecular weight is 323 g/mol. The first kappa shape index (κ1) is 20.0. The SMILES string of the molecule is CCCCCCCCCC(CCCCCCC)c1nc(N)n[nH]1. The summed E-state index contributed by atoms with van der Waals surface area (Å²) in [6.45, 7) is 4.54. The van der Waals surface area contributed by atoms with Crippen LogP contribution in [0.3, 0.4) is 0 Å². The van der Waals surface area contributed by atoms with E-state index in [2.05, 4.69) is 29.0 Å². The maximum atomic E-state index is 5.68. The monoisotopic (exact) mass is 322 g/mol. The van der Waals surface area contributed by atoms with Gasteiger partial charge in [0, 0.05) is 5.92 Å². The second kappa shape index (κ2) is 13.4. The maximum Gasteiger partial charge on any atom is 0.239 e. The van der Waals surface area contributed by atoms with Crippen LogP contribution in [0.1, 0.15) is 115 Å². The van der Waals surface area contributed by atoms with E-state index in [1.165, 1.54) is 89.9 Å². The van der Waals surface area contributed by atoms with Gasteiger partial charge >= 0.3 is 0 Å². The number of aromatic amines is 1. The van der Waals surface area contributed by atoms with Crippen molar-refractivity contribution in [2.75, 3.05) is 5.73 Å². The fraction of sp³-hybridized carbons (Fsp3) is 0.895. The Morgan fingerprint density at radius 3 is 1.70 bits per heavy atom. The third-order valence-electron chi connectivity index (χ3n) is 4.72. The molecule has 1 atom stereocenters. The lowest BCUT2D eigenvalue weighted by atomic mass is 9.93. The quantitative estimate of drug-likeness (QED) is 0.391. The molecule has 0 aromatic carbocycles. The number of hydrogen-bond donors (Lipinski definition) is 2. The van der Waals surface area contributed by atoms with Crippen LogP contribution >= 0.6 is 0 Å². The molecule has 134 valence electrons. The summed E-state index contributed by atoms with van der Waals surface area (Å²) in [6.07, 6.45) is 18.6. The predicted molar refractivity (Wildman–Crippen MR) is 99.5 cm³/mol. The molecule has 0 saturated heterocycles. The van der Waals surface area contributed by atoms with Crippen molar-refractivity contribution in [1.82, 2.24) is 15.2 Å². The number of anilines is 1. The second-order valence-corrected chi connectivity index (χ2v) is 6.89. The molecule has 1 aromatic heterocycles. The molecule has 3 N–H and O–H groups in total. The molecule has 1 rings (SSSR count). The minimum Gasteiger partial charge on any atom is -0.367 e. The van der Waals surface area contributed by atoms with Gasteiger partial charge in [0.25, 0.3) is 0 Å². The second-order valence-electron chi connectivity index (χ2n) is 6.89. The summed E-state index contributed by atoms with van der Waals surface area (Å²) in [6, 6.07) is 0. The lowest BCUT2D eigenvalue weighted by Gasteiger charge is -2.14. The third-order valence-corrected chi connectivity index (χ3v) is 4.72. The molecule has 1 heterocycles. The molecule has 23 heavy (non-hydrogen) atoms. The minimum absolute atomic E-state index is 0.385. The van der Waals surface area contributed by atoms with E-state index in [1.807, 2.05) is 0 Å². The van der Waals surface area contributed by atoms with Crippen molar-refractivity contribution in [2.45, 2.75) is 110 Å². The molecular formula is C19H38N4. The van der Waals surface area contributed by atoms with Crippen LogP contribution in [-0.4, -0.2) is 15.2 Å². The Bertz CT molecular complexity index is 375. The van der Waals surface area contributed by atoms with Gasteiger partial charge in [-0.15, -0.1) is 5.10 Å². The van der Waals surface area contributed by atoms with Gasteiger partial charge in [0.2, 0.25) is 5.95 Å². The van der Waals surface area contributed by atoms with Gasteiger partial charge in [-0.05, 0) is 12.8 Å². The average Bonchev–Trinajstić information content (AvgIpc) is 2.98. The molecule has 1 unspecified atom stereocenters. The highest BCUT2D eigenvalue weighted by atomic mass is 15.3. The summed E-state index contributed by atoms with van der Waals surface area (Å²) < 4.78 is 0. The summed E-state index contributed by atoms with van der Waals surface area (Å²) in [5.41, 5.74) is 5.68. The summed E-state index contributed by atoms with van der Waals surface area (Å²) >= 11 is 0. The van der Waals surface area contributed by atoms with E-state index in [0.717, 1.165) is 5.82 Å². The Morgan fingerprint density at radius 1 is 0.783 bits per heavy atom. The molecule has 0 radical (unpaired) electrons. The molecule has 0 fully saturated rings. The maximum absolute atomic E-state index is 5.68. The van der Waals surface area contributed by atoms with E-state index >= 15 is 0 Å². The van der Waals surface area contributed by atoms with Crippen molar-refractivity contribution in [3.63, 3.8) is 0 Å². The summed E-state index contributed by atoms with van der Waals surface area (Å²) in [4.78, 5) is 4.38.